The maximum atomic E-state index is 12.8. The number of fused-ring (bicyclic) bond motifs is 3. The standard InChI is InChI=1S/C17H18N4O4S/c1-11-9-12(2)21-15-4-3-13(10-14(15)16(22)19-17(21)18-11)26(23,24)20-5-7-25-8-6-20/h3-4,9-10H,5-8H2,1-2H3. The molecule has 136 valence electrons. The van der Waals surface area contributed by atoms with Crippen LogP contribution in [0.15, 0.2) is 34.0 Å². The molecule has 0 N–H and O–H groups in total. The molecule has 0 spiro atoms. The summed E-state index contributed by atoms with van der Waals surface area (Å²) in [4.78, 5) is 20.9. The summed E-state index contributed by atoms with van der Waals surface area (Å²) in [5.74, 6) is 0.309. The second-order valence-corrected chi connectivity index (χ2v) is 8.22. The van der Waals surface area contributed by atoms with Crippen LogP contribution in [0.5, 0.6) is 0 Å². The number of hydrogen-bond donors (Lipinski definition) is 0. The number of hydrogen-bond acceptors (Lipinski definition) is 6. The van der Waals surface area contributed by atoms with Crippen molar-refractivity contribution in [2.75, 3.05) is 26.3 Å². The lowest BCUT2D eigenvalue weighted by molar-refractivity contribution is 0.0730. The predicted octanol–water partition coefficient (Wildman–Crippen LogP) is 0.880. The van der Waals surface area contributed by atoms with E-state index in [2.05, 4.69) is 9.97 Å². The molecule has 1 fully saturated rings. The molecule has 0 atom stereocenters. The van der Waals surface area contributed by atoms with Crippen molar-refractivity contribution in [1.82, 2.24) is 18.7 Å². The quantitative estimate of drug-likeness (QED) is 0.618. The van der Waals surface area contributed by atoms with Gasteiger partial charge in [-0.1, -0.05) is 0 Å². The summed E-state index contributed by atoms with van der Waals surface area (Å²) < 4.78 is 34.0. The second-order valence-electron chi connectivity index (χ2n) is 6.29. The molecule has 0 unspecified atom stereocenters. The molecule has 8 nitrogen and oxygen atoms in total. The van der Waals surface area contributed by atoms with Crippen molar-refractivity contribution in [2.24, 2.45) is 0 Å². The Labute approximate surface area is 150 Å². The summed E-state index contributed by atoms with van der Waals surface area (Å²) in [5.41, 5.74) is 1.73. The van der Waals surface area contributed by atoms with Gasteiger partial charge in [-0.3, -0.25) is 9.20 Å². The second kappa shape index (κ2) is 6.11. The van der Waals surface area contributed by atoms with Gasteiger partial charge in [0.1, 0.15) is 0 Å². The molecule has 3 heterocycles. The first-order valence-corrected chi connectivity index (χ1v) is 9.70. The van der Waals surface area contributed by atoms with Crippen LogP contribution in [-0.2, 0) is 14.8 Å². The first-order chi connectivity index (χ1) is 12.4. The first-order valence-electron chi connectivity index (χ1n) is 8.26. The molecule has 0 amide bonds. The summed E-state index contributed by atoms with van der Waals surface area (Å²) in [6.07, 6.45) is 0. The van der Waals surface area contributed by atoms with Gasteiger partial charge in [-0.15, -0.1) is 0 Å². The smallest absolute Gasteiger partial charge is 0.282 e. The van der Waals surface area contributed by atoms with Gasteiger partial charge in [0.25, 0.3) is 5.56 Å². The van der Waals surface area contributed by atoms with Gasteiger partial charge in [-0.05, 0) is 38.1 Å². The third-order valence-corrected chi connectivity index (χ3v) is 6.39. The minimum Gasteiger partial charge on any atom is -0.379 e. The number of morpholine rings is 1. The van der Waals surface area contributed by atoms with E-state index >= 15 is 0 Å². The van der Waals surface area contributed by atoms with Crippen molar-refractivity contribution in [3.05, 3.63) is 46.0 Å². The van der Waals surface area contributed by atoms with Gasteiger partial charge in [0, 0.05) is 24.5 Å². The third-order valence-electron chi connectivity index (χ3n) is 4.50. The fourth-order valence-electron chi connectivity index (χ4n) is 3.27. The highest BCUT2D eigenvalue weighted by Crippen LogP contribution is 2.22. The van der Waals surface area contributed by atoms with E-state index in [1.165, 1.54) is 16.4 Å². The van der Waals surface area contributed by atoms with Crippen molar-refractivity contribution in [2.45, 2.75) is 18.7 Å². The topological polar surface area (TPSA) is 93.9 Å². The monoisotopic (exact) mass is 374 g/mol. The van der Waals surface area contributed by atoms with E-state index in [0.29, 0.717) is 37.6 Å². The number of nitrogens with zero attached hydrogens (tertiary/aromatic N) is 4. The SMILES string of the molecule is Cc1cc(C)n2c(n1)nc(=O)c1cc(S(=O)(=O)N3CCOCC3)ccc12. The highest BCUT2D eigenvalue weighted by atomic mass is 32.2. The zero-order valence-electron chi connectivity index (χ0n) is 14.5. The molecule has 1 aliphatic rings. The average molecular weight is 374 g/mol. The molecular formula is C17H18N4O4S. The van der Waals surface area contributed by atoms with Gasteiger partial charge >= 0.3 is 0 Å². The lowest BCUT2D eigenvalue weighted by Gasteiger charge is -2.26. The Hall–Kier alpha value is -2.36. The summed E-state index contributed by atoms with van der Waals surface area (Å²) >= 11 is 0. The molecule has 26 heavy (non-hydrogen) atoms. The molecule has 1 aliphatic heterocycles. The predicted molar refractivity (Wildman–Crippen MR) is 95.8 cm³/mol. The Balaban J connectivity index is 1.95. The summed E-state index contributed by atoms with van der Waals surface area (Å²) in [5, 5.41) is 0.255. The van der Waals surface area contributed by atoms with Crippen molar-refractivity contribution in [3.63, 3.8) is 0 Å². The fourth-order valence-corrected chi connectivity index (χ4v) is 4.70. The summed E-state index contributed by atoms with van der Waals surface area (Å²) in [6, 6.07) is 6.46. The summed E-state index contributed by atoms with van der Waals surface area (Å²) in [7, 11) is -3.68. The molecule has 9 heteroatoms. The van der Waals surface area contributed by atoms with Crippen LogP contribution in [0, 0.1) is 13.8 Å². The largest absolute Gasteiger partial charge is 0.379 e. The van der Waals surface area contributed by atoms with E-state index in [1.807, 2.05) is 19.9 Å². The van der Waals surface area contributed by atoms with Gasteiger partial charge in [0.05, 0.1) is 29.0 Å². The van der Waals surface area contributed by atoms with Crippen LogP contribution in [0.3, 0.4) is 0 Å². The van der Waals surface area contributed by atoms with Crippen molar-refractivity contribution < 1.29 is 13.2 Å². The zero-order valence-corrected chi connectivity index (χ0v) is 15.3. The lowest BCUT2D eigenvalue weighted by atomic mass is 10.2. The number of aromatic nitrogens is 3. The molecule has 0 radical (unpaired) electrons. The Kier molecular flexibility index (Phi) is 4.02. The molecule has 0 aliphatic carbocycles. The van der Waals surface area contributed by atoms with Crippen molar-refractivity contribution in [1.29, 1.82) is 0 Å². The van der Waals surface area contributed by atoms with Crippen LogP contribution in [0.1, 0.15) is 11.4 Å². The molecule has 3 aromatic rings. The number of ether oxygens (including phenoxy) is 1. The van der Waals surface area contributed by atoms with E-state index < -0.39 is 15.6 Å². The molecular weight excluding hydrogens is 356 g/mol. The van der Waals surface area contributed by atoms with Gasteiger partial charge in [0.15, 0.2) is 0 Å². The molecule has 1 aromatic carbocycles. The van der Waals surface area contributed by atoms with Crippen LogP contribution in [-0.4, -0.2) is 53.4 Å². The third kappa shape index (κ3) is 2.68. The number of aryl methyl sites for hydroxylation is 2. The molecule has 0 saturated carbocycles. The van der Waals surface area contributed by atoms with Crippen LogP contribution in [0.25, 0.3) is 16.7 Å². The highest BCUT2D eigenvalue weighted by molar-refractivity contribution is 7.89. The van der Waals surface area contributed by atoms with E-state index in [1.54, 1.807) is 10.5 Å². The zero-order chi connectivity index (χ0) is 18.5. The molecule has 4 rings (SSSR count). The molecule has 1 saturated heterocycles. The van der Waals surface area contributed by atoms with E-state index in [9.17, 15) is 13.2 Å². The summed E-state index contributed by atoms with van der Waals surface area (Å²) in [6.45, 7) is 5.07. The number of sulfonamides is 1. The maximum Gasteiger partial charge on any atom is 0.282 e. The average Bonchev–Trinajstić information content (AvgIpc) is 2.61. The Morgan fingerprint density at radius 1 is 1.08 bits per heavy atom. The Bertz CT molecular complexity index is 1180. The van der Waals surface area contributed by atoms with Crippen LogP contribution in [0.2, 0.25) is 0 Å². The number of benzene rings is 1. The molecule has 0 bridgehead atoms. The maximum absolute atomic E-state index is 12.8. The minimum atomic E-state index is -3.68. The normalized spacial score (nSPS) is 16.4. The van der Waals surface area contributed by atoms with E-state index in [0.717, 1.165) is 11.4 Å². The minimum absolute atomic E-state index is 0.0865. The molecule has 2 aromatic heterocycles. The van der Waals surface area contributed by atoms with Crippen LogP contribution < -0.4 is 5.56 Å². The van der Waals surface area contributed by atoms with Crippen LogP contribution in [0.4, 0.5) is 0 Å². The van der Waals surface area contributed by atoms with Gasteiger partial charge in [-0.2, -0.15) is 9.29 Å². The van der Waals surface area contributed by atoms with Gasteiger partial charge in [0.2, 0.25) is 15.8 Å². The fraction of sp³-hybridized carbons (Fsp3) is 0.353. The van der Waals surface area contributed by atoms with Gasteiger partial charge < -0.3 is 4.74 Å². The van der Waals surface area contributed by atoms with Crippen LogP contribution >= 0.6 is 0 Å². The highest BCUT2D eigenvalue weighted by Gasteiger charge is 2.27. The van der Waals surface area contributed by atoms with Gasteiger partial charge in [-0.25, -0.2) is 13.4 Å². The Morgan fingerprint density at radius 2 is 1.81 bits per heavy atom. The van der Waals surface area contributed by atoms with E-state index in [-0.39, 0.29) is 10.3 Å². The van der Waals surface area contributed by atoms with Crippen molar-refractivity contribution in [3.8, 4) is 0 Å². The Morgan fingerprint density at radius 3 is 2.54 bits per heavy atom. The van der Waals surface area contributed by atoms with E-state index in [4.69, 9.17) is 4.74 Å². The lowest BCUT2D eigenvalue weighted by Crippen LogP contribution is -2.40. The van der Waals surface area contributed by atoms with Crippen molar-refractivity contribution >= 4 is 26.7 Å². The number of rotatable bonds is 2. The first kappa shape index (κ1) is 17.1.